The lowest BCUT2D eigenvalue weighted by atomic mass is 10.0. The van der Waals surface area contributed by atoms with Gasteiger partial charge in [0.25, 0.3) is 0 Å². The van der Waals surface area contributed by atoms with E-state index in [0.29, 0.717) is 5.39 Å². The number of aromatic nitrogens is 2. The molecule has 0 bridgehead atoms. The molecule has 0 aliphatic rings. The Bertz CT molecular complexity index is 1260. The molecule has 120 valence electrons. The number of fused-ring (bicyclic) bond motifs is 2. The molecular formula is C21H14N2O2. The van der Waals surface area contributed by atoms with Crippen LogP contribution in [0, 0.1) is 0 Å². The maximum atomic E-state index is 12.2. The maximum Gasteiger partial charge on any atom is 0.365 e. The smallest absolute Gasteiger partial charge is 0.338 e. The number of H-pyrrole nitrogens is 1. The van der Waals surface area contributed by atoms with Gasteiger partial charge in [0.2, 0.25) is 0 Å². The van der Waals surface area contributed by atoms with Gasteiger partial charge in [0.15, 0.2) is 5.82 Å². The van der Waals surface area contributed by atoms with E-state index in [2.05, 4.69) is 23.2 Å². The van der Waals surface area contributed by atoms with Gasteiger partial charge in [-0.15, -0.1) is 0 Å². The van der Waals surface area contributed by atoms with E-state index in [-0.39, 0.29) is 5.63 Å². The standard InChI is InChI=1S/C21H14N2O2/c24-21-16-11-5-7-13-18(16)23(25-21)20-19(14-8-2-1-3-9-14)15-10-4-6-12-17(15)22-20/h1-13,22H. The topological polar surface area (TPSA) is 50.9 Å². The van der Waals surface area contributed by atoms with Crippen LogP contribution in [0.25, 0.3) is 38.8 Å². The highest BCUT2D eigenvalue weighted by Gasteiger charge is 2.19. The zero-order valence-corrected chi connectivity index (χ0v) is 13.3. The van der Waals surface area contributed by atoms with Crippen molar-refractivity contribution >= 4 is 21.8 Å². The average molecular weight is 326 g/mol. The predicted molar refractivity (Wildman–Crippen MR) is 99.1 cm³/mol. The van der Waals surface area contributed by atoms with Crippen LogP contribution in [0.1, 0.15) is 0 Å². The van der Waals surface area contributed by atoms with Crippen molar-refractivity contribution in [3.05, 3.63) is 89.3 Å². The van der Waals surface area contributed by atoms with Crippen molar-refractivity contribution in [2.75, 3.05) is 0 Å². The van der Waals surface area contributed by atoms with Crippen LogP contribution >= 0.6 is 0 Å². The molecule has 5 rings (SSSR count). The van der Waals surface area contributed by atoms with Gasteiger partial charge in [-0.1, -0.05) is 60.7 Å². The number of aromatic amines is 1. The van der Waals surface area contributed by atoms with E-state index < -0.39 is 0 Å². The van der Waals surface area contributed by atoms with Gasteiger partial charge in [0.05, 0.1) is 10.9 Å². The number of nitrogens with zero attached hydrogens (tertiary/aromatic N) is 1. The molecule has 1 N–H and O–H groups in total. The molecule has 0 fully saturated rings. The number of hydrogen-bond donors (Lipinski definition) is 1. The summed E-state index contributed by atoms with van der Waals surface area (Å²) in [5.41, 5.74) is 3.48. The molecule has 0 saturated heterocycles. The highest BCUT2D eigenvalue weighted by atomic mass is 16.5. The molecule has 0 unspecified atom stereocenters. The highest BCUT2D eigenvalue weighted by Crippen LogP contribution is 2.35. The van der Waals surface area contributed by atoms with Crippen LogP contribution in [0.3, 0.4) is 0 Å². The highest BCUT2D eigenvalue weighted by molar-refractivity contribution is 6.00. The molecule has 5 aromatic rings. The molecule has 0 aliphatic carbocycles. The van der Waals surface area contributed by atoms with E-state index in [0.717, 1.165) is 33.4 Å². The first-order chi connectivity index (χ1) is 12.3. The summed E-state index contributed by atoms with van der Waals surface area (Å²) in [6.45, 7) is 0. The molecule has 25 heavy (non-hydrogen) atoms. The van der Waals surface area contributed by atoms with E-state index in [9.17, 15) is 4.79 Å². The first-order valence-corrected chi connectivity index (χ1v) is 8.10. The third kappa shape index (κ3) is 2.04. The van der Waals surface area contributed by atoms with Crippen LogP contribution in [0.5, 0.6) is 0 Å². The van der Waals surface area contributed by atoms with Gasteiger partial charge in [0, 0.05) is 16.5 Å². The van der Waals surface area contributed by atoms with Gasteiger partial charge in [-0.3, -0.25) is 0 Å². The van der Waals surface area contributed by atoms with Crippen molar-refractivity contribution in [1.82, 2.24) is 9.72 Å². The molecule has 0 aliphatic heterocycles. The SMILES string of the molecule is O=c1on(-c2[nH]c3ccccc3c2-c2ccccc2)c2ccccc12. The number of rotatable bonds is 2. The normalized spacial score (nSPS) is 11.4. The number of para-hydroxylation sites is 2. The van der Waals surface area contributed by atoms with E-state index in [1.54, 1.807) is 10.8 Å². The molecule has 0 radical (unpaired) electrons. The Morgan fingerprint density at radius 1 is 0.760 bits per heavy atom. The third-order valence-corrected chi connectivity index (χ3v) is 4.47. The van der Waals surface area contributed by atoms with Crippen LogP contribution in [0.15, 0.2) is 88.2 Å². The lowest BCUT2D eigenvalue weighted by Crippen LogP contribution is -1.97. The molecule has 4 heteroatoms. The molecule has 2 aromatic heterocycles. The summed E-state index contributed by atoms with van der Waals surface area (Å²) in [5.74, 6) is 0.755. The van der Waals surface area contributed by atoms with Crippen LogP contribution in [0.4, 0.5) is 0 Å². The zero-order chi connectivity index (χ0) is 16.8. The van der Waals surface area contributed by atoms with Crippen molar-refractivity contribution in [3.63, 3.8) is 0 Å². The summed E-state index contributed by atoms with van der Waals surface area (Å²) in [6.07, 6.45) is 0. The molecular weight excluding hydrogens is 312 g/mol. The van der Waals surface area contributed by atoms with Crippen molar-refractivity contribution in [1.29, 1.82) is 0 Å². The second-order valence-electron chi connectivity index (χ2n) is 5.95. The monoisotopic (exact) mass is 326 g/mol. The second kappa shape index (κ2) is 5.24. The lowest BCUT2D eigenvalue weighted by molar-refractivity contribution is 0.330. The fourth-order valence-corrected chi connectivity index (χ4v) is 3.35. The van der Waals surface area contributed by atoms with E-state index in [4.69, 9.17) is 4.52 Å². The summed E-state index contributed by atoms with van der Waals surface area (Å²) in [7, 11) is 0. The Labute approximate surface area is 142 Å². The Hall–Kier alpha value is -3.53. The Balaban J connectivity index is 1.92. The van der Waals surface area contributed by atoms with Crippen molar-refractivity contribution in [2.24, 2.45) is 0 Å². The molecule has 0 amide bonds. The number of hydrogen-bond acceptors (Lipinski definition) is 2. The fourth-order valence-electron chi connectivity index (χ4n) is 3.35. The number of benzene rings is 3. The molecule has 3 aromatic carbocycles. The van der Waals surface area contributed by atoms with Gasteiger partial charge in [-0.05, 0) is 23.8 Å². The molecule has 0 atom stereocenters. The summed E-state index contributed by atoms with van der Waals surface area (Å²) >= 11 is 0. The van der Waals surface area contributed by atoms with Crippen LogP contribution in [-0.4, -0.2) is 9.72 Å². The van der Waals surface area contributed by atoms with Crippen LogP contribution < -0.4 is 5.63 Å². The lowest BCUT2D eigenvalue weighted by Gasteiger charge is -2.05. The van der Waals surface area contributed by atoms with Gasteiger partial charge in [-0.25, -0.2) is 4.79 Å². The van der Waals surface area contributed by atoms with Gasteiger partial charge >= 0.3 is 5.63 Å². The zero-order valence-electron chi connectivity index (χ0n) is 13.3. The van der Waals surface area contributed by atoms with E-state index in [1.165, 1.54) is 0 Å². The summed E-state index contributed by atoms with van der Waals surface area (Å²) in [4.78, 5) is 15.6. The average Bonchev–Trinajstić information content (AvgIpc) is 3.21. The maximum absolute atomic E-state index is 12.2. The fraction of sp³-hybridized carbons (Fsp3) is 0. The third-order valence-electron chi connectivity index (χ3n) is 4.47. The first-order valence-electron chi connectivity index (χ1n) is 8.10. The van der Waals surface area contributed by atoms with Gasteiger partial charge < -0.3 is 9.51 Å². The van der Waals surface area contributed by atoms with Crippen molar-refractivity contribution in [2.45, 2.75) is 0 Å². The Morgan fingerprint density at radius 3 is 2.28 bits per heavy atom. The summed E-state index contributed by atoms with van der Waals surface area (Å²) in [5, 5.41) is 1.66. The predicted octanol–water partition coefficient (Wildman–Crippen LogP) is 4.73. The molecule has 2 heterocycles. The minimum Gasteiger partial charge on any atom is -0.338 e. The molecule has 0 saturated carbocycles. The van der Waals surface area contributed by atoms with Crippen molar-refractivity contribution < 1.29 is 4.52 Å². The minimum absolute atomic E-state index is 0.340. The molecule has 0 spiro atoms. The van der Waals surface area contributed by atoms with Gasteiger partial charge in [0.1, 0.15) is 0 Å². The minimum atomic E-state index is -0.340. The van der Waals surface area contributed by atoms with E-state index in [1.807, 2.05) is 54.6 Å². The Morgan fingerprint density at radius 2 is 1.44 bits per heavy atom. The summed E-state index contributed by atoms with van der Waals surface area (Å²) < 4.78 is 7.17. The Kier molecular flexibility index (Phi) is 2.91. The largest absolute Gasteiger partial charge is 0.365 e. The first kappa shape index (κ1) is 13.9. The van der Waals surface area contributed by atoms with Crippen LogP contribution in [0.2, 0.25) is 0 Å². The second-order valence-corrected chi connectivity index (χ2v) is 5.95. The number of nitrogens with one attached hydrogen (secondary N) is 1. The van der Waals surface area contributed by atoms with Crippen molar-refractivity contribution in [3.8, 4) is 16.9 Å². The van der Waals surface area contributed by atoms with E-state index >= 15 is 0 Å². The molecule has 4 nitrogen and oxygen atoms in total. The quantitative estimate of drug-likeness (QED) is 0.510. The van der Waals surface area contributed by atoms with Gasteiger partial charge in [-0.2, -0.15) is 4.74 Å². The summed E-state index contributed by atoms with van der Waals surface area (Å²) in [6, 6.07) is 25.6. The van der Waals surface area contributed by atoms with Crippen LogP contribution in [-0.2, 0) is 0 Å².